The maximum absolute atomic E-state index is 12.0. The van der Waals surface area contributed by atoms with Crippen LogP contribution in [0.25, 0.3) is 0 Å². The summed E-state index contributed by atoms with van der Waals surface area (Å²) in [4.78, 5) is 2.38. The van der Waals surface area contributed by atoms with Gasteiger partial charge < -0.3 is 5.73 Å². The summed E-state index contributed by atoms with van der Waals surface area (Å²) in [6.07, 6.45) is 0. The molecule has 0 radical (unpaired) electrons. The molecule has 0 aromatic heterocycles. The molecule has 0 unspecified atom stereocenters. The van der Waals surface area contributed by atoms with Gasteiger partial charge in [-0.1, -0.05) is 30.3 Å². The fourth-order valence-corrected chi connectivity index (χ4v) is 2.49. The molecule has 2 rings (SSSR count). The molecule has 0 aliphatic heterocycles. The summed E-state index contributed by atoms with van der Waals surface area (Å²) in [5.41, 5.74) is 7.58. The molecule has 104 valence electrons. The van der Waals surface area contributed by atoms with E-state index < -0.39 is 10.0 Å². The summed E-state index contributed by atoms with van der Waals surface area (Å²) in [5, 5.41) is 3.91. The first-order valence-electron chi connectivity index (χ1n) is 5.96. The molecule has 0 fully saturated rings. The number of sulfonamides is 1. The van der Waals surface area contributed by atoms with Crippen LogP contribution in [0, 0.1) is 0 Å². The summed E-state index contributed by atoms with van der Waals surface area (Å²) in [6.45, 7) is 1.71. The highest BCUT2D eigenvalue weighted by molar-refractivity contribution is 7.89. The Kier molecular flexibility index (Phi) is 4.05. The van der Waals surface area contributed by atoms with Crippen molar-refractivity contribution in [3.63, 3.8) is 0 Å². The van der Waals surface area contributed by atoms with Gasteiger partial charge in [0.2, 0.25) is 0 Å². The molecule has 2 aromatic rings. The second-order valence-corrected chi connectivity index (χ2v) is 5.89. The van der Waals surface area contributed by atoms with E-state index >= 15 is 0 Å². The third-order valence-corrected chi connectivity index (χ3v) is 3.92. The molecule has 5 nitrogen and oxygen atoms in total. The van der Waals surface area contributed by atoms with Crippen LogP contribution >= 0.6 is 0 Å². The number of hydrogen-bond acceptors (Lipinski definition) is 4. The van der Waals surface area contributed by atoms with E-state index in [1.165, 1.54) is 12.1 Å². The summed E-state index contributed by atoms with van der Waals surface area (Å²) < 4.78 is 24.0. The number of hydrogen-bond donors (Lipinski definition) is 2. The zero-order valence-electron chi connectivity index (χ0n) is 10.9. The third-order valence-electron chi connectivity index (χ3n) is 2.69. The average molecular weight is 289 g/mol. The van der Waals surface area contributed by atoms with Crippen LogP contribution in [0.1, 0.15) is 12.5 Å². The van der Waals surface area contributed by atoms with Gasteiger partial charge in [0, 0.05) is 5.69 Å². The Morgan fingerprint density at radius 2 is 1.80 bits per heavy atom. The minimum atomic E-state index is -3.64. The second-order valence-electron chi connectivity index (χ2n) is 4.23. The molecular formula is C14H15N3O2S. The van der Waals surface area contributed by atoms with Crippen molar-refractivity contribution in [2.24, 2.45) is 5.10 Å². The predicted octanol–water partition coefficient (Wildman–Crippen LogP) is 1.97. The molecule has 0 saturated heterocycles. The SMILES string of the molecule is CC(=NNS(=O)(=O)c1ccccc1)c1cccc(N)c1. The van der Waals surface area contributed by atoms with Gasteiger partial charge in [-0.3, -0.25) is 0 Å². The Bertz CT molecular complexity index is 725. The van der Waals surface area contributed by atoms with Crippen molar-refractivity contribution in [1.29, 1.82) is 0 Å². The number of nitrogens with two attached hydrogens (primary N) is 1. The Balaban J connectivity index is 2.21. The van der Waals surface area contributed by atoms with Crippen molar-refractivity contribution in [3.8, 4) is 0 Å². The van der Waals surface area contributed by atoms with Gasteiger partial charge in [-0.2, -0.15) is 18.4 Å². The first kappa shape index (κ1) is 14.1. The fourth-order valence-electron chi connectivity index (χ4n) is 1.61. The number of benzene rings is 2. The molecular weight excluding hydrogens is 274 g/mol. The Morgan fingerprint density at radius 1 is 1.10 bits per heavy atom. The number of nitrogens with zero attached hydrogens (tertiary/aromatic N) is 1. The van der Waals surface area contributed by atoms with E-state index in [4.69, 9.17) is 5.73 Å². The van der Waals surface area contributed by atoms with Crippen LogP contribution in [0.2, 0.25) is 0 Å². The standard InChI is InChI=1S/C14H15N3O2S/c1-11(12-6-5-7-13(15)10-12)16-17-20(18,19)14-8-3-2-4-9-14/h2-10,17H,15H2,1H3. The highest BCUT2D eigenvalue weighted by Gasteiger charge is 2.11. The second kappa shape index (κ2) is 5.75. The molecule has 0 aliphatic carbocycles. The van der Waals surface area contributed by atoms with Gasteiger partial charge in [0.25, 0.3) is 10.0 Å². The number of hydrazone groups is 1. The zero-order valence-corrected chi connectivity index (χ0v) is 11.8. The molecule has 2 aromatic carbocycles. The maximum atomic E-state index is 12.0. The quantitative estimate of drug-likeness (QED) is 0.512. The average Bonchev–Trinajstić information content (AvgIpc) is 2.46. The number of rotatable bonds is 4. The fraction of sp³-hybridized carbons (Fsp3) is 0.0714. The van der Waals surface area contributed by atoms with Crippen molar-refractivity contribution in [1.82, 2.24) is 4.83 Å². The smallest absolute Gasteiger partial charge is 0.276 e. The van der Waals surface area contributed by atoms with E-state index in [-0.39, 0.29) is 4.90 Å². The summed E-state index contributed by atoms with van der Waals surface area (Å²) in [7, 11) is -3.64. The molecule has 20 heavy (non-hydrogen) atoms. The molecule has 0 atom stereocenters. The van der Waals surface area contributed by atoms with Gasteiger partial charge in [-0.05, 0) is 36.8 Å². The lowest BCUT2D eigenvalue weighted by Crippen LogP contribution is -2.19. The molecule has 0 spiro atoms. The normalized spacial score (nSPS) is 12.2. The van der Waals surface area contributed by atoms with Gasteiger partial charge in [0.05, 0.1) is 10.6 Å². The Morgan fingerprint density at radius 3 is 2.45 bits per heavy atom. The maximum Gasteiger partial charge on any atom is 0.276 e. The van der Waals surface area contributed by atoms with E-state index in [0.717, 1.165) is 5.56 Å². The summed E-state index contributed by atoms with van der Waals surface area (Å²) in [5.74, 6) is 0. The first-order chi connectivity index (χ1) is 9.49. The molecule has 0 amide bonds. The van der Waals surface area contributed by atoms with E-state index in [1.54, 1.807) is 43.3 Å². The van der Waals surface area contributed by atoms with Crippen molar-refractivity contribution >= 4 is 21.4 Å². The van der Waals surface area contributed by atoms with Crippen LogP contribution in [0.3, 0.4) is 0 Å². The number of anilines is 1. The third kappa shape index (κ3) is 3.36. The van der Waals surface area contributed by atoms with Crippen molar-refractivity contribution in [2.75, 3.05) is 5.73 Å². The molecule has 0 heterocycles. The number of nitrogens with one attached hydrogen (secondary N) is 1. The number of nitrogen functional groups attached to an aromatic ring is 1. The van der Waals surface area contributed by atoms with Gasteiger partial charge in [0.1, 0.15) is 0 Å². The largest absolute Gasteiger partial charge is 0.399 e. The highest BCUT2D eigenvalue weighted by atomic mass is 32.2. The van der Waals surface area contributed by atoms with Crippen molar-refractivity contribution in [3.05, 3.63) is 60.2 Å². The van der Waals surface area contributed by atoms with Crippen LogP contribution in [0.15, 0.2) is 64.6 Å². The van der Waals surface area contributed by atoms with E-state index in [0.29, 0.717) is 11.4 Å². The summed E-state index contributed by atoms with van der Waals surface area (Å²) in [6, 6.07) is 15.2. The van der Waals surface area contributed by atoms with Gasteiger partial charge >= 0.3 is 0 Å². The molecule has 0 bridgehead atoms. The van der Waals surface area contributed by atoms with Gasteiger partial charge in [-0.25, -0.2) is 0 Å². The molecule has 0 saturated carbocycles. The van der Waals surface area contributed by atoms with Crippen molar-refractivity contribution < 1.29 is 8.42 Å². The minimum absolute atomic E-state index is 0.170. The van der Waals surface area contributed by atoms with Crippen molar-refractivity contribution in [2.45, 2.75) is 11.8 Å². The highest BCUT2D eigenvalue weighted by Crippen LogP contribution is 2.09. The topological polar surface area (TPSA) is 84.5 Å². The summed E-state index contributed by atoms with van der Waals surface area (Å²) >= 11 is 0. The lowest BCUT2D eigenvalue weighted by molar-refractivity contribution is 0.584. The molecule has 6 heteroatoms. The monoisotopic (exact) mass is 289 g/mol. The van der Waals surface area contributed by atoms with Crippen LogP contribution < -0.4 is 10.6 Å². The van der Waals surface area contributed by atoms with E-state index in [2.05, 4.69) is 9.93 Å². The Labute approximate surface area is 118 Å². The predicted molar refractivity (Wildman–Crippen MR) is 79.8 cm³/mol. The lowest BCUT2D eigenvalue weighted by Gasteiger charge is -2.05. The van der Waals surface area contributed by atoms with Gasteiger partial charge in [0.15, 0.2) is 0 Å². The van der Waals surface area contributed by atoms with Crippen LogP contribution in [-0.2, 0) is 10.0 Å². The Hall–Kier alpha value is -2.34. The van der Waals surface area contributed by atoms with Crippen LogP contribution in [-0.4, -0.2) is 14.1 Å². The van der Waals surface area contributed by atoms with Gasteiger partial charge in [-0.15, -0.1) is 0 Å². The minimum Gasteiger partial charge on any atom is -0.399 e. The first-order valence-corrected chi connectivity index (χ1v) is 7.44. The van der Waals surface area contributed by atoms with E-state index in [1.807, 2.05) is 6.07 Å². The molecule has 0 aliphatic rings. The zero-order chi connectivity index (χ0) is 14.6. The lowest BCUT2D eigenvalue weighted by atomic mass is 10.1. The molecule has 3 N–H and O–H groups in total. The van der Waals surface area contributed by atoms with Crippen LogP contribution in [0.4, 0.5) is 5.69 Å². The van der Waals surface area contributed by atoms with E-state index in [9.17, 15) is 8.42 Å². The van der Waals surface area contributed by atoms with Crippen LogP contribution in [0.5, 0.6) is 0 Å².